The lowest BCUT2D eigenvalue weighted by Crippen LogP contribution is -2.35. The van der Waals surface area contributed by atoms with Gasteiger partial charge in [-0.2, -0.15) is 13.2 Å². The van der Waals surface area contributed by atoms with Gasteiger partial charge in [0.2, 0.25) is 0 Å². The van der Waals surface area contributed by atoms with Gasteiger partial charge in [0.1, 0.15) is 0 Å². The Morgan fingerprint density at radius 1 is 1.16 bits per heavy atom. The second-order valence-electron chi connectivity index (χ2n) is 6.92. The van der Waals surface area contributed by atoms with E-state index in [2.05, 4.69) is 10.3 Å². The predicted octanol–water partition coefficient (Wildman–Crippen LogP) is 3.29. The number of halogens is 3. The van der Waals surface area contributed by atoms with E-state index in [4.69, 9.17) is 4.74 Å². The number of cyclic esters (lactones) is 1. The minimum Gasteiger partial charge on any atom is -0.434 e. The van der Waals surface area contributed by atoms with Crippen molar-refractivity contribution in [2.45, 2.75) is 12.3 Å². The number of benzene rings is 2. The molecular weight excluding hydrogens is 415 g/mol. The zero-order valence-corrected chi connectivity index (χ0v) is 16.1. The van der Waals surface area contributed by atoms with E-state index in [1.807, 2.05) is 0 Å². The number of nitrogens with one attached hydrogen (secondary N) is 2. The van der Waals surface area contributed by atoms with E-state index < -0.39 is 35.4 Å². The number of carbonyl (C=O) groups excluding carboxylic acids is 2. The minimum absolute atomic E-state index is 0.0263. The number of H-pyrrole nitrogens is 1. The van der Waals surface area contributed by atoms with Crippen molar-refractivity contribution in [2.24, 2.45) is 0 Å². The molecule has 160 valence electrons. The van der Waals surface area contributed by atoms with Crippen LogP contribution < -0.4 is 15.8 Å². The van der Waals surface area contributed by atoms with Crippen LogP contribution in [0.2, 0.25) is 0 Å². The van der Waals surface area contributed by atoms with Crippen LogP contribution in [0.4, 0.5) is 23.7 Å². The first-order valence-corrected chi connectivity index (χ1v) is 9.22. The van der Waals surface area contributed by atoms with Crippen LogP contribution in [0, 0.1) is 0 Å². The highest BCUT2D eigenvalue weighted by molar-refractivity contribution is 5.98. The van der Waals surface area contributed by atoms with Crippen LogP contribution in [0.1, 0.15) is 5.56 Å². The fourth-order valence-corrected chi connectivity index (χ4v) is 3.50. The Morgan fingerprint density at radius 2 is 1.90 bits per heavy atom. The van der Waals surface area contributed by atoms with Crippen LogP contribution in [0.25, 0.3) is 22.0 Å². The fraction of sp³-hybridized carbons (Fsp3) is 0.190. The molecule has 2 heterocycles. The van der Waals surface area contributed by atoms with E-state index in [9.17, 15) is 27.6 Å². The molecule has 0 spiro atoms. The number of ether oxygens (including phenoxy) is 1. The third kappa shape index (κ3) is 3.72. The van der Waals surface area contributed by atoms with Crippen molar-refractivity contribution >= 4 is 28.5 Å². The Labute approximate surface area is 173 Å². The lowest BCUT2D eigenvalue weighted by molar-refractivity contribution is -0.137. The molecule has 1 atom stereocenters. The molecule has 2 aromatic carbocycles. The van der Waals surface area contributed by atoms with Crippen molar-refractivity contribution in [1.82, 2.24) is 10.3 Å². The number of rotatable bonds is 3. The Morgan fingerprint density at radius 3 is 2.61 bits per heavy atom. The molecule has 0 saturated carbocycles. The number of nitrogens with zero attached hydrogens (tertiary/aromatic N) is 1. The Bertz CT molecular complexity index is 1250. The average Bonchev–Trinajstić information content (AvgIpc) is 3.14. The zero-order valence-electron chi connectivity index (χ0n) is 16.1. The molecule has 31 heavy (non-hydrogen) atoms. The standard InChI is InChI=1S/C21H16F3N3O4/c1-25-19(29)17-10-27(20(30)31-17)12-7-6-11-8-16(26-18(28)14(11)9-12)13-4-2-3-5-15(13)21(22,23)24/h2-9,17H,10H2,1H3,(H,25,29)(H,26,28). The first kappa shape index (κ1) is 20.5. The van der Waals surface area contributed by atoms with Gasteiger partial charge in [-0.1, -0.05) is 24.3 Å². The third-order valence-corrected chi connectivity index (χ3v) is 5.01. The van der Waals surface area contributed by atoms with E-state index in [1.54, 1.807) is 0 Å². The van der Waals surface area contributed by atoms with Gasteiger partial charge in [-0.25, -0.2) is 4.79 Å². The molecule has 1 aliphatic heterocycles. The van der Waals surface area contributed by atoms with Crippen molar-refractivity contribution in [3.05, 3.63) is 64.4 Å². The van der Waals surface area contributed by atoms with Crippen LogP contribution in [0.5, 0.6) is 0 Å². The lowest BCUT2D eigenvalue weighted by Gasteiger charge is -2.15. The van der Waals surface area contributed by atoms with Gasteiger partial charge >= 0.3 is 12.3 Å². The molecule has 0 bridgehead atoms. The van der Waals surface area contributed by atoms with Crippen molar-refractivity contribution in [1.29, 1.82) is 0 Å². The van der Waals surface area contributed by atoms with Crippen molar-refractivity contribution in [3.8, 4) is 11.3 Å². The fourth-order valence-electron chi connectivity index (χ4n) is 3.50. The number of alkyl halides is 3. The molecule has 4 rings (SSSR count). The highest BCUT2D eigenvalue weighted by atomic mass is 19.4. The number of amides is 2. The van der Waals surface area contributed by atoms with Crippen molar-refractivity contribution < 1.29 is 27.5 Å². The molecule has 1 unspecified atom stereocenters. The van der Waals surface area contributed by atoms with Crippen LogP contribution in [0.3, 0.4) is 0 Å². The maximum absolute atomic E-state index is 13.4. The summed E-state index contributed by atoms with van der Waals surface area (Å²) >= 11 is 0. The number of aromatic amines is 1. The molecular formula is C21H16F3N3O4. The molecule has 0 radical (unpaired) electrons. The number of fused-ring (bicyclic) bond motifs is 1. The summed E-state index contributed by atoms with van der Waals surface area (Å²) in [5, 5.41) is 2.98. The summed E-state index contributed by atoms with van der Waals surface area (Å²) in [4.78, 5) is 40.2. The van der Waals surface area contributed by atoms with E-state index >= 15 is 0 Å². The first-order chi connectivity index (χ1) is 14.7. The summed E-state index contributed by atoms with van der Waals surface area (Å²) < 4.78 is 45.1. The number of anilines is 1. The zero-order chi connectivity index (χ0) is 22.3. The molecule has 1 saturated heterocycles. The van der Waals surface area contributed by atoms with Gasteiger partial charge in [0.05, 0.1) is 12.1 Å². The van der Waals surface area contributed by atoms with Gasteiger partial charge < -0.3 is 15.0 Å². The molecule has 2 N–H and O–H groups in total. The average molecular weight is 431 g/mol. The summed E-state index contributed by atoms with van der Waals surface area (Å²) in [6.07, 6.45) is -6.29. The second kappa shape index (κ2) is 7.46. The number of likely N-dealkylation sites (N-methyl/N-ethyl adjacent to an activating group) is 1. The second-order valence-corrected chi connectivity index (χ2v) is 6.92. The third-order valence-electron chi connectivity index (χ3n) is 5.01. The summed E-state index contributed by atoms with van der Waals surface area (Å²) in [6.45, 7) is -0.0288. The number of pyridine rings is 1. The van der Waals surface area contributed by atoms with Gasteiger partial charge in [-0.05, 0) is 29.7 Å². The van der Waals surface area contributed by atoms with E-state index in [0.717, 1.165) is 6.07 Å². The van der Waals surface area contributed by atoms with Crippen molar-refractivity contribution in [3.63, 3.8) is 0 Å². The number of hydrogen-bond donors (Lipinski definition) is 2. The summed E-state index contributed by atoms with van der Waals surface area (Å²) in [7, 11) is 1.42. The Kier molecular flexibility index (Phi) is 4.92. The SMILES string of the molecule is CNC(=O)C1CN(c2ccc3cc(-c4ccccc4C(F)(F)F)[nH]c(=O)c3c2)C(=O)O1. The quantitative estimate of drug-likeness (QED) is 0.666. The van der Waals surface area contributed by atoms with Crippen LogP contribution in [0.15, 0.2) is 53.3 Å². The van der Waals surface area contributed by atoms with Crippen LogP contribution in [-0.2, 0) is 15.7 Å². The summed E-state index contributed by atoms with van der Waals surface area (Å²) in [5.74, 6) is -0.456. The lowest BCUT2D eigenvalue weighted by atomic mass is 10.0. The largest absolute Gasteiger partial charge is 0.434 e. The van der Waals surface area contributed by atoms with Crippen LogP contribution >= 0.6 is 0 Å². The maximum Gasteiger partial charge on any atom is 0.417 e. The number of carbonyl (C=O) groups is 2. The Hall–Kier alpha value is -3.82. The maximum atomic E-state index is 13.4. The van der Waals surface area contributed by atoms with E-state index in [0.29, 0.717) is 11.1 Å². The van der Waals surface area contributed by atoms with Gasteiger partial charge in [-0.3, -0.25) is 14.5 Å². The van der Waals surface area contributed by atoms with Crippen molar-refractivity contribution in [2.75, 3.05) is 18.5 Å². The van der Waals surface area contributed by atoms with Gasteiger partial charge in [0.25, 0.3) is 11.5 Å². The summed E-state index contributed by atoms with van der Waals surface area (Å²) in [6, 6.07) is 10.9. The van der Waals surface area contributed by atoms with Gasteiger partial charge in [0, 0.05) is 29.4 Å². The molecule has 0 aliphatic carbocycles. The topological polar surface area (TPSA) is 91.5 Å². The first-order valence-electron chi connectivity index (χ1n) is 9.22. The minimum atomic E-state index is -4.58. The monoisotopic (exact) mass is 431 g/mol. The van der Waals surface area contributed by atoms with E-state index in [1.165, 1.54) is 54.4 Å². The highest BCUT2D eigenvalue weighted by Gasteiger charge is 2.37. The molecule has 1 aliphatic rings. The molecule has 3 aromatic rings. The predicted molar refractivity (Wildman–Crippen MR) is 107 cm³/mol. The smallest absolute Gasteiger partial charge is 0.417 e. The molecule has 7 nitrogen and oxygen atoms in total. The van der Waals surface area contributed by atoms with Gasteiger partial charge in [0.15, 0.2) is 6.10 Å². The highest BCUT2D eigenvalue weighted by Crippen LogP contribution is 2.36. The molecule has 1 fully saturated rings. The van der Waals surface area contributed by atoms with Crippen LogP contribution in [-0.4, -0.2) is 36.7 Å². The van der Waals surface area contributed by atoms with Gasteiger partial charge in [-0.15, -0.1) is 0 Å². The Balaban J connectivity index is 1.75. The number of hydrogen-bond acceptors (Lipinski definition) is 4. The van der Waals surface area contributed by atoms with E-state index in [-0.39, 0.29) is 23.2 Å². The molecule has 10 heteroatoms. The molecule has 2 amide bonds. The molecule has 1 aromatic heterocycles. The summed E-state index contributed by atoms with van der Waals surface area (Å²) in [5.41, 5.74) is -1.26. The normalized spacial score (nSPS) is 16.5. The number of aromatic nitrogens is 1.